The van der Waals surface area contributed by atoms with Gasteiger partial charge in [-0.3, -0.25) is 0 Å². The van der Waals surface area contributed by atoms with Crippen LogP contribution >= 0.6 is 0 Å². The van der Waals surface area contributed by atoms with Crippen LogP contribution < -0.4 is 24.8 Å². The maximum atomic E-state index is 2.70. The summed E-state index contributed by atoms with van der Waals surface area (Å²) in [5.74, 6) is 1.74. The van der Waals surface area contributed by atoms with E-state index in [0.717, 1.165) is 19.1 Å². The van der Waals surface area contributed by atoms with Crippen LogP contribution in [-0.2, 0) is 20.3 Å². The molecule has 7 rings (SSSR count). The van der Waals surface area contributed by atoms with Gasteiger partial charge in [0.2, 0.25) is 0 Å². The van der Waals surface area contributed by atoms with Crippen molar-refractivity contribution < 1.29 is 45.1 Å². The van der Waals surface area contributed by atoms with Crippen molar-refractivity contribution in [2.75, 3.05) is 0 Å². The van der Waals surface area contributed by atoms with Crippen LogP contribution in [0, 0.1) is 11.8 Å². The molecule has 3 fully saturated rings. The summed E-state index contributed by atoms with van der Waals surface area (Å²) < 4.78 is 4.92. The fourth-order valence-corrected chi connectivity index (χ4v) is 24.2. The third-order valence-electron chi connectivity index (χ3n) is 10.0. The van der Waals surface area contributed by atoms with Gasteiger partial charge in [0, 0.05) is 0 Å². The molecule has 4 aliphatic carbocycles. The summed E-state index contributed by atoms with van der Waals surface area (Å²) in [4.78, 5) is 0. The number of halogens is 2. The van der Waals surface area contributed by atoms with E-state index in [2.05, 4.69) is 60.7 Å². The summed E-state index contributed by atoms with van der Waals surface area (Å²) in [5.41, 5.74) is 10.5. The van der Waals surface area contributed by atoms with Gasteiger partial charge in [0.25, 0.3) is 0 Å². The Balaban J connectivity index is 0.00000120. The van der Waals surface area contributed by atoms with Gasteiger partial charge in [-0.2, -0.15) is 0 Å². The van der Waals surface area contributed by atoms with E-state index in [1.165, 1.54) is 57.8 Å². The zero-order valence-corrected chi connectivity index (χ0v) is 24.1. The van der Waals surface area contributed by atoms with Gasteiger partial charge >= 0.3 is 199 Å². The maximum absolute atomic E-state index is 2.70. The topological polar surface area (TPSA) is 0 Å². The van der Waals surface area contributed by atoms with Crippen molar-refractivity contribution in [1.82, 2.24) is 0 Å². The van der Waals surface area contributed by atoms with E-state index in [0.29, 0.717) is 0 Å². The van der Waals surface area contributed by atoms with Crippen molar-refractivity contribution in [3.05, 3.63) is 81.9 Å². The second-order valence-electron chi connectivity index (χ2n) is 11.5. The Morgan fingerprint density at radius 1 is 0.529 bits per heavy atom. The minimum Gasteiger partial charge on any atom is -1.00 e. The third-order valence-corrected chi connectivity index (χ3v) is 25.1. The van der Waals surface area contributed by atoms with Crippen LogP contribution in [-0.4, -0.2) is 0 Å². The molecule has 178 valence electrons. The first kappa shape index (κ1) is 25.1. The van der Waals surface area contributed by atoms with Crippen molar-refractivity contribution in [2.24, 2.45) is 11.8 Å². The molecular weight excluding hydrogens is 534 g/mol. The smallest absolute Gasteiger partial charge is 1.00 e. The summed E-state index contributed by atoms with van der Waals surface area (Å²) in [6, 6.07) is 19.2. The van der Waals surface area contributed by atoms with Crippen LogP contribution in [0.5, 0.6) is 0 Å². The van der Waals surface area contributed by atoms with Crippen molar-refractivity contribution in [3.8, 4) is 0 Å². The molecule has 0 radical (unpaired) electrons. The zero-order chi connectivity index (χ0) is 21.1. The summed E-state index contributed by atoms with van der Waals surface area (Å²) >= 11 is -2.58. The fourth-order valence-electron chi connectivity index (χ4n) is 8.53. The number of fused-ring (bicyclic) bond motifs is 2. The Morgan fingerprint density at radius 3 is 1.32 bits per heavy atom. The molecule has 2 atom stereocenters. The van der Waals surface area contributed by atoms with Crippen LogP contribution in [0.3, 0.4) is 0 Å². The molecule has 0 bridgehead atoms. The van der Waals surface area contributed by atoms with Gasteiger partial charge < -0.3 is 24.8 Å². The Morgan fingerprint density at radius 2 is 0.941 bits per heavy atom. The van der Waals surface area contributed by atoms with E-state index in [9.17, 15) is 0 Å². The molecule has 2 aromatic rings. The van der Waals surface area contributed by atoms with E-state index < -0.39 is 20.3 Å². The second-order valence-corrected chi connectivity index (χ2v) is 22.8. The van der Waals surface area contributed by atoms with Gasteiger partial charge in [-0.25, -0.2) is 0 Å². The quantitative estimate of drug-likeness (QED) is 0.531. The van der Waals surface area contributed by atoms with Crippen molar-refractivity contribution in [1.29, 1.82) is 0 Å². The normalized spacial score (nSPS) is 26.2. The minimum atomic E-state index is -2.58. The predicted octanol–water partition coefficient (Wildman–Crippen LogP) is 3.05. The summed E-state index contributed by atoms with van der Waals surface area (Å²) in [6.07, 6.45) is 18.5. The Hall–Kier alpha value is -0.617. The molecule has 2 saturated carbocycles. The Kier molecular flexibility index (Phi) is 7.39. The first-order valence-electron chi connectivity index (χ1n) is 13.5. The van der Waals surface area contributed by atoms with Crippen LogP contribution in [0.2, 0.25) is 8.26 Å². The molecular formula is C31H36Cl2Zr. The van der Waals surface area contributed by atoms with Crippen molar-refractivity contribution in [3.63, 3.8) is 0 Å². The molecule has 2 unspecified atom stereocenters. The van der Waals surface area contributed by atoms with Crippen LogP contribution in [0.4, 0.5) is 0 Å². The Bertz CT molecular complexity index is 1020. The van der Waals surface area contributed by atoms with Gasteiger partial charge in [0.1, 0.15) is 0 Å². The molecule has 0 nitrogen and oxygen atoms in total. The van der Waals surface area contributed by atoms with Crippen LogP contribution in [0.1, 0.15) is 87.3 Å². The van der Waals surface area contributed by atoms with Gasteiger partial charge in [0.05, 0.1) is 0 Å². The molecule has 1 aliphatic heterocycles. The molecule has 3 heteroatoms. The predicted molar refractivity (Wildman–Crippen MR) is 132 cm³/mol. The van der Waals surface area contributed by atoms with Crippen molar-refractivity contribution >= 4 is 12.2 Å². The van der Waals surface area contributed by atoms with Gasteiger partial charge in [-0.1, -0.05) is 0 Å². The van der Waals surface area contributed by atoms with Crippen LogP contribution in [0.15, 0.2) is 59.7 Å². The minimum absolute atomic E-state index is 0. The van der Waals surface area contributed by atoms with Gasteiger partial charge in [-0.05, 0) is 0 Å². The van der Waals surface area contributed by atoms with E-state index in [1.54, 1.807) is 30.5 Å². The molecule has 0 aromatic heterocycles. The van der Waals surface area contributed by atoms with Crippen molar-refractivity contribution in [2.45, 2.75) is 73.3 Å². The van der Waals surface area contributed by atoms with E-state index in [-0.39, 0.29) is 24.8 Å². The molecule has 0 amide bonds. The van der Waals surface area contributed by atoms with E-state index in [1.807, 2.05) is 11.1 Å². The molecule has 1 heterocycles. The zero-order valence-electron chi connectivity index (χ0n) is 20.1. The summed E-state index contributed by atoms with van der Waals surface area (Å²) in [7, 11) is 0. The monoisotopic (exact) mass is 568 g/mol. The first-order valence-corrected chi connectivity index (χ1v) is 19.8. The number of hydrogen-bond acceptors (Lipinski definition) is 0. The summed E-state index contributed by atoms with van der Waals surface area (Å²) in [6.45, 7) is 0. The average molecular weight is 571 g/mol. The van der Waals surface area contributed by atoms with E-state index >= 15 is 0 Å². The molecule has 5 aliphatic rings. The number of rotatable bonds is 4. The van der Waals surface area contributed by atoms with E-state index in [4.69, 9.17) is 0 Å². The third kappa shape index (κ3) is 3.79. The SMILES string of the molecule is C1=C(C2CCCC2)[CH]([Zr+2]2([CH]3C(C4CCCC4)=Cc4ccccc43)[CH2]C[CH2]2)c2ccccc21.[Cl-].[Cl-]. The van der Waals surface area contributed by atoms with Gasteiger partial charge in [-0.15, -0.1) is 0 Å². The largest absolute Gasteiger partial charge is 1.00 e. The standard InChI is InChI=1S/2C14H15.C3H6.2ClH.Zr/c2*1-2-6-11(5-1)14-9-12-7-3-4-8-13(12)10-14;1-3-2;;;/h2*3-4,7-11H,1-2,5-6H2;1-3H2;2*1H;/q;;;;;+2/p-2. The first-order chi connectivity index (χ1) is 15.9. The molecule has 0 N–H and O–H groups in total. The number of allylic oxidation sites excluding steroid dienone is 2. The van der Waals surface area contributed by atoms with Crippen LogP contribution in [0.25, 0.3) is 12.2 Å². The Labute approximate surface area is 222 Å². The molecule has 0 spiro atoms. The average Bonchev–Trinajstić information content (AvgIpc) is 3.58. The van der Waals surface area contributed by atoms with Gasteiger partial charge in [0.15, 0.2) is 0 Å². The maximum Gasteiger partial charge on any atom is -1.00 e. The fraction of sp³-hybridized carbons (Fsp3) is 0.484. The number of hydrogen-bond donors (Lipinski definition) is 0. The molecule has 34 heavy (non-hydrogen) atoms. The second kappa shape index (κ2) is 10.0. The number of benzene rings is 2. The molecule has 1 saturated heterocycles. The molecule has 2 aromatic carbocycles. The summed E-state index contributed by atoms with van der Waals surface area (Å²) in [5, 5.41) is 0.